The summed E-state index contributed by atoms with van der Waals surface area (Å²) in [5, 5.41) is 5.98. The van der Waals surface area contributed by atoms with E-state index in [1.165, 1.54) is 16.9 Å². The molecule has 6 heteroatoms. The number of hydrogen-bond acceptors (Lipinski definition) is 4. The Morgan fingerprint density at radius 3 is 2.50 bits per heavy atom. The van der Waals surface area contributed by atoms with Crippen molar-refractivity contribution in [3.05, 3.63) is 39.4 Å². The average Bonchev–Trinajstić information content (AvgIpc) is 2.76. The van der Waals surface area contributed by atoms with E-state index in [0.717, 1.165) is 27.4 Å². The number of urea groups is 1. The van der Waals surface area contributed by atoms with Crippen molar-refractivity contribution in [3.8, 4) is 5.75 Å². The Kier molecular flexibility index (Phi) is 5.03. The van der Waals surface area contributed by atoms with Crippen molar-refractivity contribution in [1.29, 1.82) is 0 Å². The van der Waals surface area contributed by atoms with Crippen molar-refractivity contribution in [1.82, 2.24) is 10.3 Å². The normalized spacial score (nSPS) is 10.4. The van der Waals surface area contributed by atoms with Gasteiger partial charge in [-0.2, -0.15) is 0 Å². The highest BCUT2D eigenvalue weighted by molar-refractivity contribution is 7.15. The number of carbonyl (C=O) groups is 1. The average molecular weight is 319 g/mol. The van der Waals surface area contributed by atoms with E-state index in [1.807, 2.05) is 40.7 Å². The van der Waals surface area contributed by atoms with Gasteiger partial charge in [0.25, 0.3) is 0 Å². The van der Waals surface area contributed by atoms with Crippen LogP contribution in [0.1, 0.15) is 27.3 Å². The molecule has 0 aliphatic heterocycles. The summed E-state index contributed by atoms with van der Waals surface area (Å²) in [5.41, 5.74) is 4.24. The van der Waals surface area contributed by atoms with E-state index >= 15 is 0 Å². The molecule has 2 aromatic rings. The molecule has 0 saturated heterocycles. The van der Waals surface area contributed by atoms with Gasteiger partial charge in [0, 0.05) is 4.88 Å². The number of amides is 2. The Hall–Kier alpha value is -2.08. The zero-order valence-electron chi connectivity index (χ0n) is 13.5. The molecule has 2 N–H and O–H groups in total. The quantitative estimate of drug-likeness (QED) is 0.842. The molecule has 1 heterocycles. The predicted octanol–water partition coefficient (Wildman–Crippen LogP) is 3.84. The van der Waals surface area contributed by atoms with Crippen molar-refractivity contribution in [3.63, 3.8) is 0 Å². The number of ether oxygens (including phenoxy) is 1. The van der Waals surface area contributed by atoms with Gasteiger partial charge in [-0.25, -0.2) is 9.78 Å². The number of aromatic nitrogens is 1. The lowest BCUT2D eigenvalue weighted by molar-refractivity contribution is 0.234. The highest BCUT2D eigenvalue weighted by atomic mass is 32.1. The van der Waals surface area contributed by atoms with Crippen LogP contribution in [0.3, 0.4) is 0 Å². The lowest BCUT2D eigenvalue weighted by atomic mass is 10.1. The highest BCUT2D eigenvalue weighted by Gasteiger charge is 2.09. The molecule has 22 heavy (non-hydrogen) atoms. The predicted molar refractivity (Wildman–Crippen MR) is 89.9 cm³/mol. The van der Waals surface area contributed by atoms with E-state index < -0.39 is 0 Å². The number of hydrogen-bond donors (Lipinski definition) is 2. The van der Waals surface area contributed by atoms with E-state index in [2.05, 4.69) is 21.7 Å². The molecule has 0 spiro atoms. The van der Waals surface area contributed by atoms with E-state index in [0.29, 0.717) is 5.13 Å². The monoisotopic (exact) mass is 319 g/mol. The van der Waals surface area contributed by atoms with Gasteiger partial charge in [0.2, 0.25) is 0 Å². The molecule has 0 bridgehead atoms. The number of benzene rings is 1. The third-order valence-corrected chi connectivity index (χ3v) is 4.56. The molecule has 2 rings (SSSR count). The fraction of sp³-hybridized carbons (Fsp3) is 0.375. The molecular weight excluding hydrogens is 298 g/mol. The Morgan fingerprint density at radius 1 is 1.18 bits per heavy atom. The summed E-state index contributed by atoms with van der Waals surface area (Å²) in [6, 6.07) is 3.75. The molecule has 0 aliphatic rings. The fourth-order valence-electron chi connectivity index (χ4n) is 1.99. The van der Waals surface area contributed by atoms with Gasteiger partial charge >= 0.3 is 6.03 Å². The van der Waals surface area contributed by atoms with E-state index in [4.69, 9.17) is 4.74 Å². The minimum absolute atomic E-state index is 0.111. The fourth-order valence-corrected chi connectivity index (χ4v) is 2.80. The molecule has 0 aliphatic carbocycles. The SMILES string of the molecule is Cc1ccc(C)c(OCNC(=O)Nc2nc(C)c(C)s2)c1C. The van der Waals surface area contributed by atoms with Crippen LogP contribution in [0.5, 0.6) is 5.75 Å². The van der Waals surface area contributed by atoms with Crippen molar-refractivity contribution < 1.29 is 9.53 Å². The van der Waals surface area contributed by atoms with Crippen LogP contribution >= 0.6 is 11.3 Å². The van der Waals surface area contributed by atoms with Crippen LogP contribution in [-0.4, -0.2) is 17.7 Å². The number of thiazole rings is 1. The molecule has 2 amide bonds. The maximum absolute atomic E-state index is 11.8. The van der Waals surface area contributed by atoms with Gasteiger partial charge in [0.15, 0.2) is 11.9 Å². The number of carbonyl (C=O) groups excluding carboxylic acids is 1. The molecule has 5 nitrogen and oxygen atoms in total. The van der Waals surface area contributed by atoms with Gasteiger partial charge in [0.1, 0.15) is 5.75 Å². The van der Waals surface area contributed by atoms with Gasteiger partial charge in [-0.3, -0.25) is 5.32 Å². The van der Waals surface area contributed by atoms with Crippen molar-refractivity contribution in [2.45, 2.75) is 34.6 Å². The smallest absolute Gasteiger partial charge is 0.323 e. The topological polar surface area (TPSA) is 63.2 Å². The van der Waals surface area contributed by atoms with E-state index in [-0.39, 0.29) is 12.8 Å². The van der Waals surface area contributed by atoms with Crippen LogP contribution in [0.2, 0.25) is 0 Å². The summed E-state index contributed by atoms with van der Waals surface area (Å²) in [6.07, 6.45) is 0. The first kappa shape index (κ1) is 16.3. The molecule has 0 atom stereocenters. The first-order valence-electron chi connectivity index (χ1n) is 7.07. The van der Waals surface area contributed by atoms with Crippen molar-refractivity contribution in [2.24, 2.45) is 0 Å². The van der Waals surface area contributed by atoms with E-state index in [9.17, 15) is 4.79 Å². The number of nitrogens with zero attached hydrogens (tertiary/aromatic N) is 1. The molecule has 1 aromatic carbocycles. The van der Waals surface area contributed by atoms with Crippen LogP contribution < -0.4 is 15.4 Å². The van der Waals surface area contributed by atoms with Gasteiger partial charge in [-0.15, -0.1) is 11.3 Å². The minimum Gasteiger partial charge on any atom is -0.473 e. The molecule has 1 aromatic heterocycles. The number of anilines is 1. The molecule has 118 valence electrons. The summed E-state index contributed by atoms with van der Waals surface area (Å²) >= 11 is 1.46. The summed E-state index contributed by atoms with van der Waals surface area (Å²) in [4.78, 5) is 17.2. The van der Waals surface area contributed by atoms with Gasteiger partial charge in [0.05, 0.1) is 5.69 Å². The lowest BCUT2D eigenvalue weighted by Crippen LogP contribution is -2.32. The van der Waals surface area contributed by atoms with Crippen LogP contribution in [0.15, 0.2) is 12.1 Å². The summed E-state index contributed by atoms with van der Waals surface area (Å²) in [5.74, 6) is 0.821. The first-order chi connectivity index (χ1) is 10.4. The standard InChI is InChI=1S/C16H21N3O2S/c1-9-6-7-10(2)14(11(9)3)21-8-17-15(20)19-16-18-12(4)13(5)22-16/h6-7H,8H2,1-5H3,(H2,17,18,19,20). The zero-order valence-corrected chi connectivity index (χ0v) is 14.4. The molecule has 0 saturated carbocycles. The van der Waals surface area contributed by atoms with Crippen LogP contribution in [0, 0.1) is 34.6 Å². The van der Waals surface area contributed by atoms with Gasteiger partial charge in [-0.1, -0.05) is 12.1 Å². The minimum atomic E-state index is -0.322. The van der Waals surface area contributed by atoms with E-state index in [1.54, 1.807) is 0 Å². The van der Waals surface area contributed by atoms with Crippen LogP contribution in [0.25, 0.3) is 0 Å². The highest BCUT2D eigenvalue weighted by Crippen LogP contribution is 2.25. The van der Waals surface area contributed by atoms with Crippen LogP contribution in [-0.2, 0) is 0 Å². The summed E-state index contributed by atoms with van der Waals surface area (Å²) in [6.45, 7) is 10.0. The first-order valence-corrected chi connectivity index (χ1v) is 7.88. The lowest BCUT2D eigenvalue weighted by Gasteiger charge is -2.14. The summed E-state index contributed by atoms with van der Waals surface area (Å²) < 4.78 is 5.70. The second kappa shape index (κ2) is 6.79. The Labute approximate surface area is 134 Å². The van der Waals surface area contributed by atoms with Crippen molar-refractivity contribution in [2.75, 3.05) is 12.0 Å². The largest absolute Gasteiger partial charge is 0.473 e. The number of nitrogens with one attached hydrogen (secondary N) is 2. The zero-order chi connectivity index (χ0) is 16.3. The molecule has 0 fully saturated rings. The second-order valence-electron chi connectivity index (χ2n) is 5.23. The van der Waals surface area contributed by atoms with Crippen molar-refractivity contribution >= 4 is 22.5 Å². The maximum Gasteiger partial charge on any atom is 0.323 e. The second-order valence-corrected chi connectivity index (χ2v) is 6.44. The third kappa shape index (κ3) is 3.76. The number of rotatable bonds is 4. The Bertz CT molecular complexity index is 675. The molecule has 0 radical (unpaired) electrons. The van der Waals surface area contributed by atoms with Gasteiger partial charge < -0.3 is 10.1 Å². The molecular formula is C16H21N3O2S. The Morgan fingerprint density at radius 2 is 1.86 bits per heavy atom. The number of aryl methyl sites for hydroxylation is 4. The third-order valence-electron chi connectivity index (χ3n) is 3.57. The maximum atomic E-state index is 11.8. The van der Waals surface area contributed by atoms with Gasteiger partial charge in [-0.05, 0) is 51.3 Å². The Balaban J connectivity index is 1.89. The summed E-state index contributed by atoms with van der Waals surface area (Å²) in [7, 11) is 0. The molecule has 0 unspecified atom stereocenters. The van der Waals surface area contributed by atoms with Crippen LogP contribution in [0.4, 0.5) is 9.93 Å².